The third-order valence-electron chi connectivity index (χ3n) is 3.24. The van der Waals surface area contributed by atoms with E-state index in [-0.39, 0.29) is 11.8 Å². The first-order valence-electron chi connectivity index (χ1n) is 6.28. The van der Waals surface area contributed by atoms with Crippen molar-refractivity contribution < 1.29 is 9.60 Å². The molecule has 1 aromatic carbocycles. The summed E-state index contributed by atoms with van der Waals surface area (Å²) in [5, 5.41) is 11.4. The van der Waals surface area contributed by atoms with E-state index in [4.69, 9.17) is 10.9 Å². The van der Waals surface area contributed by atoms with Crippen LogP contribution in [0.5, 0.6) is 0 Å². The Balaban J connectivity index is 0.000000771. The second kappa shape index (κ2) is 5.85. The smallest absolute Gasteiger partial charge is 0.142 e. The Morgan fingerprint density at radius 1 is 1.33 bits per heavy atom. The number of rotatable bonds is 2. The van der Waals surface area contributed by atoms with Gasteiger partial charge in [-0.05, 0) is 25.3 Å². The molecule has 4 heteroatoms. The number of alkyl halides is 1. The van der Waals surface area contributed by atoms with Crippen molar-refractivity contribution >= 4 is 5.84 Å². The van der Waals surface area contributed by atoms with Crippen molar-refractivity contribution in [2.24, 2.45) is 16.8 Å². The van der Waals surface area contributed by atoms with Gasteiger partial charge in [0, 0.05) is 5.92 Å². The summed E-state index contributed by atoms with van der Waals surface area (Å²) in [6, 6.07) is 7.40. The van der Waals surface area contributed by atoms with Gasteiger partial charge < -0.3 is 10.9 Å². The summed E-state index contributed by atoms with van der Waals surface area (Å²) >= 11 is 0. The van der Waals surface area contributed by atoms with E-state index in [0.717, 1.165) is 5.56 Å². The van der Waals surface area contributed by atoms with E-state index in [1.807, 2.05) is 32.9 Å². The highest BCUT2D eigenvalue weighted by Gasteiger charge is 2.47. The largest absolute Gasteiger partial charge is 0.409 e. The van der Waals surface area contributed by atoms with Crippen LogP contribution >= 0.6 is 0 Å². The fraction of sp³-hybridized carbons (Fsp3) is 0.500. The second-order valence-corrected chi connectivity index (χ2v) is 4.46. The average molecular weight is 252 g/mol. The van der Waals surface area contributed by atoms with Crippen LogP contribution in [0.15, 0.2) is 29.4 Å². The van der Waals surface area contributed by atoms with Gasteiger partial charge in [-0.2, -0.15) is 0 Å². The monoisotopic (exact) mass is 252 g/mol. The lowest BCUT2D eigenvalue weighted by Crippen LogP contribution is -2.44. The molecule has 1 saturated carbocycles. The van der Waals surface area contributed by atoms with Gasteiger partial charge in [0.15, 0.2) is 0 Å². The van der Waals surface area contributed by atoms with Crippen molar-refractivity contribution in [2.45, 2.75) is 39.3 Å². The Morgan fingerprint density at radius 2 is 1.83 bits per heavy atom. The van der Waals surface area contributed by atoms with E-state index in [2.05, 4.69) is 5.16 Å². The molecular weight excluding hydrogens is 231 g/mol. The number of nitrogens with zero attached hydrogens (tertiary/aromatic N) is 1. The summed E-state index contributed by atoms with van der Waals surface area (Å²) in [5.41, 5.74) is 5.91. The molecule has 0 atom stereocenters. The Morgan fingerprint density at radius 3 is 2.28 bits per heavy atom. The minimum atomic E-state index is -1.31. The molecule has 0 unspecified atom stereocenters. The fourth-order valence-corrected chi connectivity index (χ4v) is 2.10. The van der Waals surface area contributed by atoms with E-state index in [1.54, 1.807) is 12.1 Å². The van der Waals surface area contributed by atoms with Crippen LogP contribution in [0.2, 0.25) is 0 Å². The average Bonchev–Trinajstić information content (AvgIpc) is 2.37. The maximum Gasteiger partial charge on any atom is 0.142 e. The van der Waals surface area contributed by atoms with E-state index in [9.17, 15) is 4.39 Å². The number of hydrogen-bond donors (Lipinski definition) is 2. The maximum atomic E-state index is 14.3. The highest BCUT2D eigenvalue weighted by molar-refractivity contribution is 5.83. The molecule has 0 aliphatic heterocycles. The molecular formula is C14H21FN2O. The zero-order chi connectivity index (χ0) is 13.8. The normalized spacial score (nSPS) is 26.9. The van der Waals surface area contributed by atoms with Gasteiger partial charge in [0.25, 0.3) is 0 Å². The van der Waals surface area contributed by atoms with Gasteiger partial charge >= 0.3 is 0 Å². The number of oxime groups is 1. The molecule has 0 heterocycles. The first-order chi connectivity index (χ1) is 8.55. The van der Waals surface area contributed by atoms with Gasteiger partial charge in [-0.15, -0.1) is 0 Å². The van der Waals surface area contributed by atoms with Gasteiger partial charge in [0.2, 0.25) is 0 Å². The number of benzene rings is 1. The quantitative estimate of drug-likeness (QED) is 0.367. The van der Waals surface area contributed by atoms with E-state index in [0.29, 0.717) is 18.4 Å². The Kier molecular flexibility index (Phi) is 4.70. The Labute approximate surface area is 107 Å². The molecule has 1 aliphatic carbocycles. The Bertz CT molecular complexity index is 408. The van der Waals surface area contributed by atoms with Crippen LogP contribution in [-0.4, -0.2) is 11.0 Å². The summed E-state index contributed by atoms with van der Waals surface area (Å²) in [4.78, 5) is 0. The fourth-order valence-electron chi connectivity index (χ4n) is 2.10. The number of halogens is 1. The molecule has 0 spiro atoms. The van der Waals surface area contributed by atoms with Crippen molar-refractivity contribution in [3.05, 3.63) is 35.4 Å². The number of amidine groups is 1. The van der Waals surface area contributed by atoms with Crippen molar-refractivity contribution in [3.8, 4) is 0 Å². The van der Waals surface area contributed by atoms with Gasteiger partial charge in [-0.25, -0.2) is 4.39 Å². The SMILES string of the molecule is CC.Cc1ccc(C2(F)CC(/C(N)=N/O)C2)cc1. The van der Waals surface area contributed by atoms with Crippen molar-refractivity contribution in [1.82, 2.24) is 0 Å². The molecule has 1 fully saturated rings. The van der Waals surface area contributed by atoms with Gasteiger partial charge in [-0.1, -0.05) is 48.8 Å². The van der Waals surface area contributed by atoms with Crippen molar-refractivity contribution in [3.63, 3.8) is 0 Å². The van der Waals surface area contributed by atoms with Gasteiger partial charge in [-0.3, -0.25) is 0 Å². The molecule has 0 bridgehead atoms. The lowest BCUT2D eigenvalue weighted by Gasteiger charge is -2.41. The summed E-state index contributed by atoms with van der Waals surface area (Å²) in [5.74, 6) is -0.0170. The first kappa shape index (κ1) is 14.5. The zero-order valence-electron chi connectivity index (χ0n) is 11.2. The minimum absolute atomic E-state index is 0.125. The van der Waals surface area contributed by atoms with Crippen LogP contribution < -0.4 is 5.73 Å². The van der Waals surface area contributed by atoms with Gasteiger partial charge in [0.05, 0.1) is 0 Å². The third-order valence-corrected chi connectivity index (χ3v) is 3.24. The molecule has 3 nitrogen and oxygen atoms in total. The van der Waals surface area contributed by atoms with Crippen LogP contribution in [-0.2, 0) is 5.67 Å². The lowest BCUT2D eigenvalue weighted by atomic mass is 9.68. The predicted molar refractivity (Wildman–Crippen MR) is 71.4 cm³/mol. The summed E-state index contributed by atoms with van der Waals surface area (Å²) in [6.07, 6.45) is 0.595. The van der Waals surface area contributed by atoms with Crippen LogP contribution in [0.4, 0.5) is 4.39 Å². The molecule has 3 N–H and O–H groups in total. The van der Waals surface area contributed by atoms with Crippen LogP contribution in [0.25, 0.3) is 0 Å². The predicted octanol–water partition coefficient (Wildman–Crippen LogP) is 3.34. The summed E-state index contributed by atoms with van der Waals surface area (Å²) < 4.78 is 14.3. The van der Waals surface area contributed by atoms with Crippen LogP contribution in [0, 0.1) is 12.8 Å². The number of nitrogens with two attached hydrogens (primary N) is 1. The lowest BCUT2D eigenvalue weighted by molar-refractivity contribution is 0.0305. The second-order valence-electron chi connectivity index (χ2n) is 4.46. The van der Waals surface area contributed by atoms with E-state index < -0.39 is 5.67 Å². The summed E-state index contributed by atoms with van der Waals surface area (Å²) in [6.45, 7) is 5.97. The standard InChI is InChI=1S/C12H15FN2O.C2H6/c1-8-2-4-10(5-3-8)12(13)6-9(7-12)11(14)15-16;1-2/h2-5,9,16H,6-7H2,1H3,(H2,14,15);1-2H3. The first-order valence-corrected chi connectivity index (χ1v) is 6.28. The molecule has 1 aromatic rings. The molecule has 0 saturated heterocycles. The van der Waals surface area contributed by atoms with Crippen molar-refractivity contribution in [2.75, 3.05) is 0 Å². The molecule has 2 rings (SSSR count). The molecule has 0 aromatic heterocycles. The molecule has 18 heavy (non-hydrogen) atoms. The topological polar surface area (TPSA) is 58.6 Å². The highest BCUT2D eigenvalue weighted by Crippen LogP contribution is 2.49. The molecule has 0 radical (unpaired) electrons. The third kappa shape index (κ3) is 2.81. The minimum Gasteiger partial charge on any atom is -0.409 e. The maximum absolute atomic E-state index is 14.3. The van der Waals surface area contributed by atoms with E-state index >= 15 is 0 Å². The van der Waals surface area contributed by atoms with Gasteiger partial charge in [0.1, 0.15) is 11.5 Å². The van der Waals surface area contributed by atoms with Crippen LogP contribution in [0.3, 0.4) is 0 Å². The van der Waals surface area contributed by atoms with E-state index in [1.165, 1.54) is 0 Å². The highest BCUT2D eigenvalue weighted by atomic mass is 19.1. The Hall–Kier alpha value is -1.58. The number of hydrogen-bond acceptors (Lipinski definition) is 2. The van der Waals surface area contributed by atoms with Crippen LogP contribution in [0.1, 0.15) is 37.8 Å². The summed E-state index contributed by atoms with van der Waals surface area (Å²) in [7, 11) is 0. The molecule has 1 aliphatic rings. The molecule has 100 valence electrons. The van der Waals surface area contributed by atoms with Crippen molar-refractivity contribution in [1.29, 1.82) is 0 Å². The molecule has 0 amide bonds. The zero-order valence-corrected chi connectivity index (χ0v) is 11.2. The number of aryl methyl sites for hydroxylation is 1.